The van der Waals surface area contributed by atoms with Gasteiger partial charge >= 0.3 is 6.03 Å². The Morgan fingerprint density at radius 1 is 1.39 bits per heavy atom. The van der Waals surface area contributed by atoms with Gasteiger partial charge in [0, 0.05) is 32.9 Å². The van der Waals surface area contributed by atoms with E-state index in [1.54, 1.807) is 20.2 Å². The molecule has 0 spiro atoms. The molecule has 1 rings (SSSR count). The SMILES string of the molecule is CN(C)C(=O)NCCNc1cc(F)cc(C#N)c1. The Morgan fingerprint density at radius 3 is 2.72 bits per heavy atom. The first-order valence-electron chi connectivity index (χ1n) is 5.42. The van der Waals surface area contributed by atoms with Crippen molar-refractivity contribution < 1.29 is 9.18 Å². The number of nitriles is 1. The van der Waals surface area contributed by atoms with Crippen LogP contribution in [0.15, 0.2) is 18.2 Å². The van der Waals surface area contributed by atoms with Crippen LogP contribution in [-0.2, 0) is 0 Å². The Labute approximate surface area is 105 Å². The second-order valence-electron chi connectivity index (χ2n) is 3.89. The Balaban J connectivity index is 2.43. The van der Waals surface area contributed by atoms with Gasteiger partial charge in [-0.15, -0.1) is 0 Å². The van der Waals surface area contributed by atoms with Gasteiger partial charge in [0.15, 0.2) is 0 Å². The lowest BCUT2D eigenvalue weighted by Gasteiger charge is -2.12. The zero-order valence-corrected chi connectivity index (χ0v) is 10.3. The molecule has 0 aliphatic heterocycles. The van der Waals surface area contributed by atoms with Gasteiger partial charge in [-0.05, 0) is 18.2 Å². The highest BCUT2D eigenvalue weighted by molar-refractivity contribution is 5.73. The first kappa shape index (κ1) is 13.8. The van der Waals surface area contributed by atoms with Crippen LogP contribution in [0.2, 0.25) is 0 Å². The van der Waals surface area contributed by atoms with Gasteiger partial charge in [0.1, 0.15) is 5.82 Å². The second-order valence-corrected chi connectivity index (χ2v) is 3.89. The molecule has 96 valence electrons. The fourth-order valence-electron chi connectivity index (χ4n) is 1.29. The van der Waals surface area contributed by atoms with Crippen molar-refractivity contribution in [1.29, 1.82) is 5.26 Å². The largest absolute Gasteiger partial charge is 0.383 e. The van der Waals surface area contributed by atoms with Crippen LogP contribution in [0, 0.1) is 17.1 Å². The van der Waals surface area contributed by atoms with E-state index in [1.807, 2.05) is 6.07 Å². The van der Waals surface area contributed by atoms with Crippen molar-refractivity contribution in [2.24, 2.45) is 0 Å². The number of hydrogen-bond donors (Lipinski definition) is 2. The number of hydrogen-bond acceptors (Lipinski definition) is 3. The minimum absolute atomic E-state index is 0.186. The highest BCUT2D eigenvalue weighted by Gasteiger charge is 2.02. The average molecular weight is 250 g/mol. The zero-order valence-electron chi connectivity index (χ0n) is 10.3. The van der Waals surface area contributed by atoms with Crippen molar-refractivity contribution >= 4 is 11.7 Å². The fraction of sp³-hybridized carbons (Fsp3) is 0.333. The fourth-order valence-corrected chi connectivity index (χ4v) is 1.29. The minimum atomic E-state index is -0.464. The zero-order chi connectivity index (χ0) is 13.5. The molecule has 5 nitrogen and oxygen atoms in total. The molecule has 0 bridgehead atoms. The summed E-state index contributed by atoms with van der Waals surface area (Å²) < 4.78 is 13.1. The van der Waals surface area contributed by atoms with Gasteiger partial charge in [-0.25, -0.2) is 9.18 Å². The van der Waals surface area contributed by atoms with E-state index in [1.165, 1.54) is 17.0 Å². The first-order chi connectivity index (χ1) is 8.52. The summed E-state index contributed by atoms with van der Waals surface area (Å²) in [7, 11) is 3.29. The lowest BCUT2D eigenvalue weighted by Crippen LogP contribution is -2.37. The maximum absolute atomic E-state index is 13.1. The molecule has 0 radical (unpaired) electrons. The summed E-state index contributed by atoms with van der Waals surface area (Å²) in [5, 5.41) is 14.3. The smallest absolute Gasteiger partial charge is 0.316 e. The standard InChI is InChI=1S/C12H15FN4O/c1-17(2)12(18)16-4-3-15-11-6-9(8-14)5-10(13)7-11/h5-7,15H,3-4H2,1-2H3,(H,16,18). The number of amides is 2. The van der Waals surface area contributed by atoms with Gasteiger partial charge in [-0.3, -0.25) is 0 Å². The van der Waals surface area contributed by atoms with E-state index in [0.29, 0.717) is 18.8 Å². The number of anilines is 1. The van der Waals surface area contributed by atoms with Crippen molar-refractivity contribution in [1.82, 2.24) is 10.2 Å². The monoisotopic (exact) mass is 250 g/mol. The number of carbonyl (C=O) groups is 1. The van der Waals surface area contributed by atoms with Crippen molar-refractivity contribution in [2.45, 2.75) is 0 Å². The third-order valence-electron chi connectivity index (χ3n) is 2.16. The second kappa shape index (κ2) is 6.45. The number of rotatable bonds is 4. The van der Waals surface area contributed by atoms with E-state index in [9.17, 15) is 9.18 Å². The molecule has 0 heterocycles. The van der Waals surface area contributed by atoms with Gasteiger partial charge in [0.25, 0.3) is 0 Å². The van der Waals surface area contributed by atoms with E-state index < -0.39 is 5.82 Å². The molecule has 0 aromatic heterocycles. The molecule has 0 fully saturated rings. The van der Waals surface area contributed by atoms with Gasteiger partial charge in [-0.1, -0.05) is 0 Å². The summed E-state index contributed by atoms with van der Waals surface area (Å²) >= 11 is 0. The third kappa shape index (κ3) is 4.29. The Kier molecular flexibility index (Phi) is 4.93. The molecular formula is C12H15FN4O. The van der Waals surface area contributed by atoms with Crippen LogP contribution in [0.3, 0.4) is 0 Å². The summed E-state index contributed by atoms with van der Waals surface area (Å²) in [5.41, 5.74) is 0.778. The molecular weight excluding hydrogens is 235 g/mol. The van der Waals surface area contributed by atoms with Gasteiger partial charge < -0.3 is 15.5 Å². The number of nitrogens with zero attached hydrogens (tertiary/aromatic N) is 2. The molecule has 0 unspecified atom stereocenters. The summed E-state index contributed by atoms with van der Waals surface area (Å²) in [5.74, 6) is -0.464. The van der Waals surface area contributed by atoms with Crippen LogP contribution >= 0.6 is 0 Å². The van der Waals surface area contributed by atoms with E-state index in [2.05, 4.69) is 10.6 Å². The quantitative estimate of drug-likeness (QED) is 0.793. The lowest BCUT2D eigenvalue weighted by atomic mass is 10.2. The Morgan fingerprint density at radius 2 is 2.11 bits per heavy atom. The predicted molar refractivity (Wildman–Crippen MR) is 66.7 cm³/mol. The van der Waals surface area contributed by atoms with Crippen LogP contribution in [0.5, 0.6) is 0 Å². The number of halogens is 1. The lowest BCUT2D eigenvalue weighted by molar-refractivity contribution is 0.218. The first-order valence-corrected chi connectivity index (χ1v) is 5.42. The predicted octanol–water partition coefficient (Wildman–Crippen LogP) is 1.38. The maximum Gasteiger partial charge on any atom is 0.316 e. The van der Waals surface area contributed by atoms with Crippen molar-refractivity contribution in [2.75, 3.05) is 32.5 Å². The minimum Gasteiger partial charge on any atom is -0.383 e. The normalized spacial score (nSPS) is 9.44. The highest BCUT2D eigenvalue weighted by Crippen LogP contribution is 2.12. The Hall–Kier alpha value is -2.29. The third-order valence-corrected chi connectivity index (χ3v) is 2.16. The molecule has 0 aliphatic carbocycles. The molecule has 2 amide bonds. The number of nitrogens with one attached hydrogen (secondary N) is 2. The molecule has 0 saturated carbocycles. The van der Waals surface area contributed by atoms with Crippen molar-refractivity contribution in [3.05, 3.63) is 29.6 Å². The van der Waals surface area contributed by atoms with Crippen LogP contribution in [0.25, 0.3) is 0 Å². The highest BCUT2D eigenvalue weighted by atomic mass is 19.1. The van der Waals surface area contributed by atoms with Crippen LogP contribution in [0.1, 0.15) is 5.56 Å². The molecule has 18 heavy (non-hydrogen) atoms. The number of benzene rings is 1. The number of carbonyl (C=O) groups excluding carboxylic acids is 1. The van der Waals surface area contributed by atoms with Gasteiger partial charge in [0.2, 0.25) is 0 Å². The molecule has 1 aromatic rings. The summed E-state index contributed by atoms with van der Waals surface area (Å²) in [6, 6.07) is 5.71. The topological polar surface area (TPSA) is 68.2 Å². The van der Waals surface area contributed by atoms with Crippen molar-refractivity contribution in [3.63, 3.8) is 0 Å². The summed E-state index contributed by atoms with van der Waals surface area (Å²) in [4.78, 5) is 12.6. The van der Waals surface area contributed by atoms with E-state index in [-0.39, 0.29) is 11.6 Å². The van der Waals surface area contributed by atoms with Crippen LogP contribution in [0.4, 0.5) is 14.9 Å². The maximum atomic E-state index is 13.1. The van der Waals surface area contributed by atoms with Crippen LogP contribution in [-0.4, -0.2) is 38.1 Å². The molecule has 1 aromatic carbocycles. The molecule has 6 heteroatoms. The van der Waals surface area contributed by atoms with E-state index >= 15 is 0 Å². The van der Waals surface area contributed by atoms with Crippen molar-refractivity contribution in [3.8, 4) is 6.07 Å². The van der Waals surface area contributed by atoms with E-state index in [0.717, 1.165) is 0 Å². The summed E-state index contributed by atoms with van der Waals surface area (Å²) in [6.07, 6.45) is 0. The molecule has 0 atom stereocenters. The van der Waals surface area contributed by atoms with Crippen LogP contribution < -0.4 is 10.6 Å². The van der Waals surface area contributed by atoms with Gasteiger partial charge in [-0.2, -0.15) is 5.26 Å². The molecule has 2 N–H and O–H groups in total. The molecule has 0 aliphatic rings. The van der Waals surface area contributed by atoms with E-state index in [4.69, 9.17) is 5.26 Å². The van der Waals surface area contributed by atoms with Gasteiger partial charge in [0.05, 0.1) is 11.6 Å². The number of urea groups is 1. The molecule has 0 saturated heterocycles. The Bertz CT molecular complexity index is 468. The average Bonchev–Trinajstić information content (AvgIpc) is 2.33. The summed E-state index contributed by atoms with van der Waals surface area (Å²) in [6.45, 7) is 0.864.